The monoisotopic (exact) mass is 252 g/mol. The summed E-state index contributed by atoms with van der Waals surface area (Å²) in [4.78, 5) is 11.6. The number of urea groups is 1. The fraction of sp³-hybridized carbons (Fsp3) is 0.615. The van der Waals surface area contributed by atoms with E-state index in [4.69, 9.17) is 9.15 Å². The molecule has 2 rings (SSSR count). The molecule has 5 heteroatoms. The van der Waals surface area contributed by atoms with Crippen LogP contribution in [-0.2, 0) is 11.3 Å². The standard InChI is InChI=1S/C13H20N2O3/c1-10-7-11(4-6-17-10)8-14-13(16)15-9-12-3-2-5-18-12/h2-3,5,10-11H,4,6-9H2,1H3,(H2,14,15,16)/t10-,11+/m0/s1. The van der Waals surface area contributed by atoms with Crippen molar-refractivity contribution >= 4 is 6.03 Å². The van der Waals surface area contributed by atoms with Gasteiger partial charge in [-0.15, -0.1) is 0 Å². The normalized spacial score (nSPS) is 23.6. The highest BCUT2D eigenvalue weighted by Gasteiger charge is 2.19. The van der Waals surface area contributed by atoms with E-state index in [9.17, 15) is 4.79 Å². The third kappa shape index (κ3) is 4.07. The van der Waals surface area contributed by atoms with Crippen LogP contribution in [0.15, 0.2) is 22.8 Å². The summed E-state index contributed by atoms with van der Waals surface area (Å²) in [6.45, 7) is 3.99. The minimum atomic E-state index is -0.148. The SMILES string of the molecule is C[C@H]1C[C@H](CNC(=O)NCc2ccco2)CCO1. The van der Waals surface area contributed by atoms with Crippen molar-refractivity contribution in [1.29, 1.82) is 0 Å². The van der Waals surface area contributed by atoms with E-state index in [1.807, 2.05) is 6.07 Å². The van der Waals surface area contributed by atoms with Crippen molar-refractivity contribution in [3.05, 3.63) is 24.2 Å². The predicted octanol–water partition coefficient (Wildman–Crippen LogP) is 1.89. The van der Waals surface area contributed by atoms with Gasteiger partial charge in [0.05, 0.1) is 18.9 Å². The molecule has 0 spiro atoms. The topological polar surface area (TPSA) is 63.5 Å². The molecule has 18 heavy (non-hydrogen) atoms. The summed E-state index contributed by atoms with van der Waals surface area (Å²) in [5.74, 6) is 1.27. The number of nitrogens with one attached hydrogen (secondary N) is 2. The van der Waals surface area contributed by atoms with E-state index in [1.54, 1.807) is 12.3 Å². The van der Waals surface area contributed by atoms with Gasteiger partial charge in [0.25, 0.3) is 0 Å². The third-order valence-electron chi connectivity index (χ3n) is 3.15. The fourth-order valence-corrected chi connectivity index (χ4v) is 2.16. The van der Waals surface area contributed by atoms with Gasteiger partial charge >= 0.3 is 6.03 Å². The Bertz CT molecular complexity index is 364. The molecule has 0 aliphatic carbocycles. The lowest BCUT2D eigenvalue weighted by molar-refractivity contribution is 0.00346. The lowest BCUT2D eigenvalue weighted by Gasteiger charge is -2.27. The minimum Gasteiger partial charge on any atom is -0.467 e. The molecule has 1 aliphatic rings. The smallest absolute Gasteiger partial charge is 0.315 e. The van der Waals surface area contributed by atoms with Crippen LogP contribution >= 0.6 is 0 Å². The number of hydrogen-bond donors (Lipinski definition) is 2. The quantitative estimate of drug-likeness (QED) is 0.860. The minimum absolute atomic E-state index is 0.148. The van der Waals surface area contributed by atoms with E-state index < -0.39 is 0 Å². The van der Waals surface area contributed by atoms with Gasteiger partial charge in [0.1, 0.15) is 5.76 Å². The number of amides is 2. The van der Waals surface area contributed by atoms with Gasteiger partial charge in [-0.2, -0.15) is 0 Å². The molecule has 1 aromatic heterocycles. The van der Waals surface area contributed by atoms with Crippen LogP contribution in [0.1, 0.15) is 25.5 Å². The molecule has 2 amide bonds. The second-order valence-corrected chi connectivity index (χ2v) is 4.71. The average molecular weight is 252 g/mol. The van der Waals surface area contributed by atoms with Crippen LogP contribution in [0.5, 0.6) is 0 Å². The Morgan fingerprint density at radius 1 is 1.50 bits per heavy atom. The maximum absolute atomic E-state index is 11.6. The average Bonchev–Trinajstić information content (AvgIpc) is 2.87. The lowest BCUT2D eigenvalue weighted by Crippen LogP contribution is -2.39. The molecular formula is C13H20N2O3. The summed E-state index contributed by atoms with van der Waals surface area (Å²) in [5, 5.41) is 5.65. The highest BCUT2D eigenvalue weighted by atomic mass is 16.5. The summed E-state index contributed by atoms with van der Waals surface area (Å²) >= 11 is 0. The molecule has 0 bridgehead atoms. The Morgan fingerprint density at radius 2 is 2.39 bits per heavy atom. The first kappa shape index (κ1) is 13.0. The third-order valence-corrected chi connectivity index (χ3v) is 3.15. The molecule has 0 aromatic carbocycles. The molecule has 0 unspecified atom stereocenters. The van der Waals surface area contributed by atoms with Gasteiger partial charge < -0.3 is 19.8 Å². The van der Waals surface area contributed by atoms with E-state index in [-0.39, 0.29) is 6.03 Å². The van der Waals surface area contributed by atoms with Gasteiger partial charge in [0.15, 0.2) is 0 Å². The molecule has 1 aliphatic heterocycles. The molecule has 1 saturated heterocycles. The first-order valence-electron chi connectivity index (χ1n) is 6.39. The van der Waals surface area contributed by atoms with Gasteiger partial charge in [-0.25, -0.2) is 4.79 Å². The van der Waals surface area contributed by atoms with E-state index >= 15 is 0 Å². The molecule has 2 N–H and O–H groups in total. The molecular weight excluding hydrogens is 232 g/mol. The van der Waals surface area contributed by atoms with Gasteiger partial charge in [0.2, 0.25) is 0 Å². The van der Waals surface area contributed by atoms with Crippen LogP contribution < -0.4 is 10.6 Å². The number of carbonyl (C=O) groups excluding carboxylic acids is 1. The van der Waals surface area contributed by atoms with Gasteiger partial charge in [0, 0.05) is 13.2 Å². The number of ether oxygens (including phenoxy) is 1. The zero-order valence-corrected chi connectivity index (χ0v) is 10.6. The number of carbonyl (C=O) groups is 1. The second-order valence-electron chi connectivity index (χ2n) is 4.71. The predicted molar refractivity (Wildman–Crippen MR) is 67.1 cm³/mol. The van der Waals surface area contributed by atoms with Crippen LogP contribution in [0.3, 0.4) is 0 Å². The summed E-state index contributed by atoms with van der Waals surface area (Å²) in [7, 11) is 0. The van der Waals surface area contributed by atoms with E-state index in [0.29, 0.717) is 25.1 Å². The summed E-state index contributed by atoms with van der Waals surface area (Å²) < 4.78 is 10.6. The first-order chi connectivity index (χ1) is 8.74. The van der Waals surface area contributed by atoms with Gasteiger partial charge in [-0.3, -0.25) is 0 Å². The zero-order chi connectivity index (χ0) is 12.8. The van der Waals surface area contributed by atoms with Crippen molar-refractivity contribution in [2.24, 2.45) is 5.92 Å². The summed E-state index contributed by atoms with van der Waals surface area (Å²) in [6.07, 6.45) is 3.93. The van der Waals surface area contributed by atoms with E-state index in [2.05, 4.69) is 17.6 Å². The Morgan fingerprint density at radius 3 is 3.11 bits per heavy atom. The fourth-order valence-electron chi connectivity index (χ4n) is 2.16. The van der Waals surface area contributed by atoms with Crippen molar-refractivity contribution in [2.45, 2.75) is 32.4 Å². The molecule has 5 nitrogen and oxygen atoms in total. The largest absolute Gasteiger partial charge is 0.467 e. The van der Waals surface area contributed by atoms with Gasteiger partial charge in [-0.05, 0) is 37.8 Å². The summed E-state index contributed by atoms with van der Waals surface area (Å²) in [5.41, 5.74) is 0. The highest BCUT2D eigenvalue weighted by Crippen LogP contribution is 2.18. The number of hydrogen-bond acceptors (Lipinski definition) is 3. The van der Waals surface area contributed by atoms with Crippen molar-refractivity contribution in [1.82, 2.24) is 10.6 Å². The molecule has 2 heterocycles. The van der Waals surface area contributed by atoms with Crippen molar-refractivity contribution in [3.8, 4) is 0 Å². The zero-order valence-electron chi connectivity index (χ0n) is 10.6. The van der Waals surface area contributed by atoms with Crippen molar-refractivity contribution in [2.75, 3.05) is 13.2 Å². The highest BCUT2D eigenvalue weighted by molar-refractivity contribution is 5.73. The molecule has 0 radical (unpaired) electrons. The maximum atomic E-state index is 11.6. The molecule has 1 fully saturated rings. The van der Waals surface area contributed by atoms with Crippen LogP contribution in [0.2, 0.25) is 0 Å². The van der Waals surface area contributed by atoms with Crippen LogP contribution in [0, 0.1) is 5.92 Å². The number of rotatable bonds is 4. The van der Waals surface area contributed by atoms with Gasteiger partial charge in [-0.1, -0.05) is 0 Å². The Kier molecular flexibility index (Phi) is 4.64. The lowest BCUT2D eigenvalue weighted by atomic mass is 9.96. The molecule has 2 atom stereocenters. The summed E-state index contributed by atoms with van der Waals surface area (Å²) in [6, 6.07) is 3.49. The van der Waals surface area contributed by atoms with Crippen LogP contribution in [0.4, 0.5) is 4.79 Å². The first-order valence-corrected chi connectivity index (χ1v) is 6.39. The number of furan rings is 1. The Hall–Kier alpha value is -1.49. The molecule has 100 valence electrons. The second kappa shape index (κ2) is 6.44. The Balaban J connectivity index is 1.62. The van der Waals surface area contributed by atoms with Crippen LogP contribution in [0.25, 0.3) is 0 Å². The van der Waals surface area contributed by atoms with E-state index in [0.717, 1.165) is 25.2 Å². The van der Waals surface area contributed by atoms with Crippen LogP contribution in [-0.4, -0.2) is 25.3 Å². The van der Waals surface area contributed by atoms with Crippen molar-refractivity contribution in [3.63, 3.8) is 0 Å². The Labute approximate surface area is 107 Å². The molecule has 0 saturated carbocycles. The van der Waals surface area contributed by atoms with E-state index in [1.165, 1.54) is 0 Å². The maximum Gasteiger partial charge on any atom is 0.315 e. The van der Waals surface area contributed by atoms with Crippen molar-refractivity contribution < 1.29 is 13.9 Å². The molecule has 1 aromatic rings.